The van der Waals surface area contributed by atoms with Gasteiger partial charge in [-0.2, -0.15) is 0 Å². The van der Waals surface area contributed by atoms with Crippen molar-refractivity contribution in [3.63, 3.8) is 0 Å². The molecule has 0 radical (unpaired) electrons. The highest BCUT2D eigenvalue weighted by Gasteiger charge is 2.17. The lowest BCUT2D eigenvalue weighted by Crippen LogP contribution is -2.46. The molecule has 132 valence electrons. The molecule has 8 heteroatoms. The van der Waals surface area contributed by atoms with Gasteiger partial charge in [-0.05, 0) is 37.2 Å². The summed E-state index contributed by atoms with van der Waals surface area (Å²) >= 11 is 0. The fraction of sp³-hybridized carbons (Fsp3) is 0.412. The quantitative estimate of drug-likeness (QED) is 0.660. The fourth-order valence-electron chi connectivity index (χ4n) is 3.00. The van der Waals surface area contributed by atoms with Crippen LogP contribution in [0.4, 0.5) is 23.0 Å². The first-order chi connectivity index (χ1) is 12.1. The van der Waals surface area contributed by atoms with Crippen LogP contribution in [-0.2, 0) is 0 Å². The highest BCUT2D eigenvalue weighted by atomic mass is 16.6. The summed E-state index contributed by atoms with van der Waals surface area (Å²) in [6.07, 6.45) is 2.40. The third-order valence-corrected chi connectivity index (χ3v) is 4.46. The number of benzene rings is 1. The Labute approximate surface area is 146 Å². The van der Waals surface area contributed by atoms with Crippen LogP contribution in [0, 0.1) is 17.0 Å². The second kappa shape index (κ2) is 7.43. The first-order valence-electron chi connectivity index (χ1n) is 8.38. The molecule has 2 heterocycles. The van der Waals surface area contributed by atoms with Crippen molar-refractivity contribution >= 4 is 23.0 Å². The number of nitrogens with zero attached hydrogens (tertiary/aromatic N) is 5. The smallest absolute Gasteiger partial charge is 0.305 e. The molecule has 2 aromatic rings. The highest BCUT2D eigenvalue weighted by molar-refractivity contribution is 5.63. The van der Waals surface area contributed by atoms with Crippen molar-refractivity contribution in [2.45, 2.75) is 13.8 Å². The Kier molecular flexibility index (Phi) is 5.08. The molecule has 25 heavy (non-hydrogen) atoms. The lowest BCUT2D eigenvalue weighted by atomic mass is 10.1. The van der Waals surface area contributed by atoms with Crippen molar-refractivity contribution in [3.05, 3.63) is 46.3 Å². The number of nitro groups is 1. The molecule has 1 aromatic carbocycles. The van der Waals surface area contributed by atoms with E-state index in [0.29, 0.717) is 5.95 Å². The number of rotatable bonds is 5. The molecule has 0 amide bonds. The number of aryl methyl sites for hydroxylation is 1. The topological polar surface area (TPSA) is 87.4 Å². The molecule has 0 atom stereocenters. The summed E-state index contributed by atoms with van der Waals surface area (Å²) in [7, 11) is 0. The van der Waals surface area contributed by atoms with Gasteiger partial charge in [-0.15, -0.1) is 0 Å². The van der Waals surface area contributed by atoms with E-state index in [2.05, 4.69) is 45.0 Å². The first kappa shape index (κ1) is 17.1. The summed E-state index contributed by atoms with van der Waals surface area (Å²) < 4.78 is 0. The molecule has 0 aliphatic carbocycles. The van der Waals surface area contributed by atoms with Crippen molar-refractivity contribution in [1.82, 2.24) is 14.9 Å². The van der Waals surface area contributed by atoms with Gasteiger partial charge in [0.25, 0.3) is 0 Å². The maximum atomic E-state index is 10.6. The van der Waals surface area contributed by atoms with Crippen LogP contribution in [0.1, 0.15) is 12.5 Å². The summed E-state index contributed by atoms with van der Waals surface area (Å²) in [6, 6.07) is 6.14. The van der Waals surface area contributed by atoms with Crippen LogP contribution in [0.5, 0.6) is 0 Å². The highest BCUT2D eigenvalue weighted by Crippen LogP contribution is 2.26. The molecule has 0 saturated carbocycles. The Bertz CT molecular complexity index is 741. The van der Waals surface area contributed by atoms with Crippen LogP contribution in [-0.4, -0.2) is 52.5 Å². The van der Waals surface area contributed by atoms with Gasteiger partial charge in [-0.1, -0.05) is 6.92 Å². The van der Waals surface area contributed by atoms with E-state index in [1.54, 1.807) is 0 Å². The minimum Gasteiger partial charge on any atom is -0.369 e. The van der Waals surface area contributed by atoms with Gasteiger partial charge in [0.2, 0.25) is 5.95 Å². The van der Waals surface area contributed by atoms with Gasteiger partial charge >= 0.3 is 5.69 Å². The Morgan fingerprint density at radius 2 is 1.88 bits per heavy atom. The Morgan fingerprint density at radius 1 is 1.20 bits per heavy atom. The third-order valence-electron chi connectivity index (χ3n) is 4.46. The van der Waals surface area contributed by atoms with Crippen LogP contribution in [0.15, 0.2) is 30.6 Å². The predicted molar refractivity (Wildman–Crippen MR) is 97.5 cm³/mol. The van der Waals surface area contributed by atoms with E-state index in [9.17, 15) is 10.1 Å². The summed E-state index contributed by atoms with van der Waals surface area (Å²) in [6.45, 7) is 9.63. The van der Waals surface area contributed by atoms with E-state index >= 15 is 0 Å². The Morgan fingerprint density at radius 3 is 2.44 bits per heavy atom. The van der Waals surface area contributed by atoms with Gasteiger partial charge in [0.1, 0.15) is 12.4 Å². The zero-order valence-corrected chi connectivity index (χ0v) is 14.5. The average molecular weight is 342 g/mol. The first-order valence-corrected chi connectivity index (χ1v) is 8.38. The molecular weight excluding hydrogens is 320 g/mol. The van der Waals surface area contributed by atoms with Crippen molar-refractivity contribution in [3.8, 4) is 0 Å². The van der Waals surface area contributed by atoms with Crippen LogP contribution < -0.4 is 10.2 Å². The standard InChI is InChI=1S/C17H22N6O2/c1-3-21-6-8-22(9-7-21)16-5-4-14(10-13(16)2)20-17-18-11-15(12-19-17)23(24)25/h4-5,10-12H,3,6-9H2,1-2H3,(H,18,19,20). The van der Waals surface area contributed by atoms with Crippen LogP contribution in [0.25, 0.3) is 0 Å². The second-order valence-corrected chi connectivity index (χ2v) is 6.07. The lowest BCUT2D eigenvalue weighted by molar-refractivity contribution is -0.385. The Balaban J connectivity index is 1.68. The minimum absolute atomic E-state index is 0.122. The van der Waals surface area contributed by atoms with E-state index in [4.69, 9.17) is 0 Å². The number of piperazine rings is 1. The fourth-order valence-corrected chi connectivity index (χ4v) is 3.00. The molecule has 1 N–H and O–H groups in total. The van der Waals surface area contributed by atoms with E-state index < -0.39 is 4.92 Å². The monoisotopic (exact) mass is 342 g/mol. The molecule has 1 fully saturated rings. The number of aromatic nitrogens is 2. The van der Waals surface area contributed by atoms with Gasteiger partial charge in [0.05, 0.1) is 4.92 Å². The SMILES string of the molecule is CCN1CCN(c2ccc(Nc3ncc([N+](=O)[O-])cn3)cc2C)CC1. The van der Waals surface area contributed by atoms with E-state index in [0.717, 1.165) is 38.4 Å². The van der Waals surface area contributed by atoms with Crippen LogP contribution in [0.3, 0.4) is 0 Å². The summed E-state index contributed by atoms with van der Waals surface area (Å²) in [5.41, 5.74) is 3.16. The van der Waals surface area contributed by atoms with Crippen molar-refractivity contribution in [2.75, 3.05) is 42.9 Å². The van der Waals surface area contributed by atoms with E-state index in [1.807, 2.05) is 12.1 Å². The van der Waals surface area contributed by atoms with Crippen molar-refractivity contribution in [1.29, 1.82) is 0 Å². The number of anilines is 3. The van der Waals surface area contributed by atoms with Crippen LogP contribution >= 0.6 is 0 Å². The number of nitrogens with one attached hydrogen (secondary N) is 1. The minimum atomic E-state index is -0.513. The second-order valence-electron chi connectivity index (χ2n) is 6.07. The van der Waals surface area contributed by atoms with Gasteiger partial charge in [0.15, 0.2) is 0 Å². The maximum absolute atomic E-state index is 10.6. The van der Waals surface area contributed by atoms with Crippen LogP contribution in [0.2, 0.25) is 0 Å². The molecule has 1 aliphatic rings. The Hall–Kier alpha value is -2.74. The molecule has 3 rings (SSSR count). The third kappa shape index (κ3) is 4.03. The molecule has 1 aromatic heterocycles. The molecular formula is C17H22N6O2. The van der Waals surface area contributed by atoms with Crippen molar-refractivity contribution in [2.24, 2.45) is 0 Å². The largest absolute Gasteiger partial charge is 0.369 e. The van der Waals surface area contributed by atoms with Gasteiger partial charge in [-0.3, -0.25) is 10.1 Å². The zero-order valence-electron chi connectivity index (χ0n) is 14.5. The summed E-state index contributed by atoms with van der Waals surface area (Å²) in [5.74, 6) is 0.342. The maximum Gasteiger partial charge on any atom is 0.305 e. The number of likely N-dealkylation sites (N-methyl/N-ethyl adjacent to an activating group) is 1. The lowest BCUT2D eigenvalue weighted by Gasteiger charge is -2.36. The predicted octanol–water partition coefficient (Wildman–Crippen LogP) is 2.58. The normalized spacial score (nSPS) is 15.2. The molecule has 1 saturated heterocycles. The molecule has 0 unspecified atom stereocenters. The molecule has 8 nitrogen and oxygen atoms in total. The number of hydrogen-bond acceptors (Lipinski definition) is 7. The van der Waals surface area contributed by atoms with Crippen molar-refractivity contribution < 1.29 is 4.92 Å². The summed E-state index contributed by atoms with van der Waals surface area (Å²) in [5, 5.41) is 13.7. The van der Waals surface area contributed by atoms with E-state index in [-0.39, 0.29) is 5.69 Å². The zero-order chi connectivity index (χ0) is 17.8. The van der Waals surface area contributed by atoms with Gasteiger partial charge < -0.3 is 15.1 Å². The summed E-state index contributed by atoms with van der Waals surface area (Å²) in [4.78, 5) is 22.9. The number of hydrogen-bond donors (Lipinski definition) is 1. The molecule has 1 aliphatic heterocycles. The van der Waals surface area contributed by atoms with Gasteiger partial charge in [-0.25, -0.2) is 9.97 Å². The van der Waals surface area contributed by atoms with Gasteiger partial charge in [0, 0.05) is 37.6 Å². The molecule has 0 bridgehead atoms. The average Bonchev–Trinajstić information content (AvgIpc) is 2.62. The van der Waals surface area contributed by atoms with E-state index in [1.165, 1.54) is 23.6 Å². The molecule has 0 spiro atoms.